The molecule has 1 aliphatic heterocycles. The van der Waals surface area contributed by atoms with Crippen LogP contribution in [-0.2, 0) is 9.59 Å². The van der Waals surface area contributed by atoms with Gasteiger partial charge in [0.05, 0.1) is 0 Å². The molecular formula is C10H17NO2. The number of nitrogens with zero attached hydrogens (tertiary/aromatic N) is 1. The van der Waals surface area contributed by atoms with Gasteiger partial charge in [0, 0.05) is 19.4 Å². The van der Waals surface area contributed by atoms with Crippen molar-refractivity contribution >= 4 is 11.8 Å². The quantitative estimate of drug-likeness (QED) is 0.625. The fourth-order valence-corrected chi connectivity index (χ4v) is 1.53. The van der Waals surface area contributed by atoms with E-state index in [-0.39, 0.29) is 11.8 Å². The minimum Gasteiger partial charge on any atom is -0.283 e. The van der Waals surface area contributed by atoms with Crippen LogP contribution in [0.5, 0.6) is 0 Å². The Kier molecular flexibility index (Phi) is 3.93. The fourth-order valence-electron chi connectivity index (χ4n) is 1.53. The van der Waals surface area contributed by atoms with Crippen molar-refractivity contribution in [3.05, 3.63) is 0 Å². The van der Waals surface area contributed by atoms with Gasteiger partial charge in [-0.15, -0.1) is 0 Å². The van der Waals surface area contributed by atoms with Gasteiger partial charge in [-0.3, -0.25) is 14.5 Å². The Balaban J connectivity index is 2.53. The molecule has 0 N–H and O–H groups in total. The van der Waals surface area contributed by atoms with Crippen LogP contribution in [0.1, 0.15) is 45.4 Å². The van der Waals surface area contributed by atoms with Crippen molar-refractivity contribution in [2.45, 2.75) is 45.4 Å². The highest BCUT2D eigenvalue weighted by Crippen LogP contribution is 2.12. The molecule has 0 atom stereocenters. The molecule has 3 heteroatoms. The van der Waals surface area contributed by atoms with Gasteiger partial charge in [-0.05, 0) is 19.3 Å². The van der Waals surface area contributed by atoms with E-state index in [1.54, 1.807) is 0 Å². The average molecular weight is 183 g/mol. The predicted octanol–water partition coefficient (Wildman–Crippen LogP) is 1.72. The Hall–Kier alpha value is -0.860. The Morgan fingerprint density at radius 2 is 1.69 bits per heavy atom. The molecular weight excluding hydrogens is 166 g/mol. The lowest BCUT2D eigenvalue weighted by Gasteiger charge is -2.17. The number of unbranched alkanes of at least 4 members (excludes halogenated alkanes) is 1. The molecule has 1 aliphatic rings. The van der Waals surface area contributed by atoms with E-state index in [4.69, 9.17) is 0 Å². The first-order valence-corrected chi connectivity index (χ1v) is 5.09. The highest BCUT2D eigenvalue weighted by atomic mass is 16.2. The number of hydrogen-bond donors (Lipinski definition) is 0. The predicted molar refractivity (Wildman–Crippen MR) is 50.1 cm³/mol. The standard InChI is InChI=1S/C10H17NO2/c1-2-3-8-11-9(12)6-4-5-7-10(11)13/h2-8H2,1H3. The number of likely N-dealkylation sites (tertiary alicyclic amines) is 1. The van der Waals surface area contributed by atoms with Crippen LogP contribution in [0.2, 0.25) is 0 Å². The van der Waals surface area contributed by atoms with Crippen LogP contribution in [0.3, 0.4) is 0 Å². The molecule has 0 spiro atoms. The van der Waals surface area contributed by atoms with Crippen LogP contribution < -0.4 is 0 Å². The molecule has 0 unspecified atom stereocenters. The first-order chi connectivity index (χ1) is 6.25. The number of imide groups is 1. The fraction of sp³-hybridized carbons (Fsp3) is 0.800. The molecule has 0 bridgehead atoms. The van der Waals surface area contributed by atoms with Gasteiger partial charge in [0.25, 0.3) is 0 Å². The van der Waals surface area contributed by atoms with Crippen LogP contribution in [-0.4, -0.2) is 23.3 Å². The van der Waals surface area contributed by atoms with Gasteiger partial charge in [-0.2, -0.15) is 0 Å². The zero-order valence-electron chi connectivity index (χ0n) is 8.21. The number of carbonyl (C=O) groups is 2. The number of amides is 2. The Bertz CT molecular complexity index is 183. The third-order valence-electron chi connectivity index (χ3n) is 2.37. The number of carbonyl (C=O) groups excluding carboxylic acids is 2. The molecule has 1 saturated heterocycles. The lowest BCUT2D eigenvalue weighted by molar-refractivity contribution is -0.143. The van der Waals surface area contributed by atoms with E-state index in [0.717, 1.165) is 25.7 Å². The number of rotatable bonds is 3. The van der Waals surface area contributed by atoms with Crippen molar-refractivity contribution in [2.24, 2.45) is 0 Å². The lowest BCUT2D eigenvalue weighted by Crippen LogP contribution is -2.35. The molecule has 0 aliphatic carbocycles. The van der Waals surface area contributed by atoms with E-state index in [1.165, 1.54) is 4.90 Å². The van der Waals surface area contributed by atoms with Gasteiger partial charge >= 0.3 is 0 Å². The minimum absolute atomic E-state index is 0.0240. The van der Waals surface area contributed by atoms with Crippen molar-refractivity contribution in [3.8, 4) is 0 Å². The van der Waals surface area contributed by atoms with Crippen molar-refractivity contribution in [3.63, 3.8) is 0 Å². The van der Waals surface area contributed by atoms with Crippen LogP contribution >= 0.6 is 0 Å². The molecule has 0 radical (unpaired) electrons. The monoisotopic (exact) mass is 183 g/mol. The lowest BCUT2D eigenvalue weighted by atomic mass is 10.2. The van der Waals surface area contributed by atoms with Gasteiger partial charge in [0.2, 0.25) is 11.8 Å². The van der Waals surface area contributed by atoms with E-state index in [2.05, 4.69) is 6.92 Å². The van der Waals surface area contributed by atoms with Crippen molar-refractivity contribution in [2.75, 3.05) is 6.54 Å². The number of hydrogen-bond acceptors (Lipinski definition) is 2. The summed E-state index contributed by atoms with van der Waals surface area (Å²) in [4.78, 5) is 24.3. The summed E-state index contributed by atoms with van der Waals surface area (Å²) < 4.78 is 0. The van der Waals surface area contributed by atoms with Crippen LogP contribution in [0.15, 0.2) is 0 Å². The topological polar surface area (TPSA) is 37.4 Å². The second-order valence-corrected chi connectivity index (χ2v) is 3.50. The van der Waals surface area contributed by atoms with E-state index in [0.29, 0.717) is 19.4 Å². The molecule has 1 fully saturated rings. The Morgan fingerprint density at radius 1 is 1.15 bits per heavy atom. The molecule has 1 heterocycles. The summed E-state index contributed by atoms with van der Waals surface area (Å²) in [5.41, 5.74) is 0. The molecule has 2 amide bonds. The zero-order chi connectivity index (χ0) is 9.68. The molecule has 13 heavy (non-hydrogen) atoms. The molecule has 3 nitrogen and oxygen atoms in total. The van der Waals surface area contributed by atoms with Gasteiger partial charge in [0.1, 0.15) is 0 Å². The maximum atomic E-state index is 11.4. The van der Waals surface area contributed by atoms with Crippen LogP contribution in [0.4, 0.5) is 0 Å². The summed E-state index contributed by atoms with van der Waals surface area (Å²) in [7, 11) is 0. The van der Waals surface area contributed by atoms with Crippen molar-refractivity contribution in [1.82, 2.24) is 4.90 Å². The molecule has 74 valence electrons. The first-order valence-electron chi connectivity index (χ1n) is 5.09. The van der Waals surface area contributed by atoms with Gasteiger partial charge in [-0.25, -0.2) is 0 Å². The van der Waals surface area contributed by atoms with Gasteiger partial charge < -0.3 is 0 Å². The van der Waals surface area contributed by atoms with E-state index in [1.807, 2.05) is 0 Å². The summed E-state index contributed by atoms with van der Waals surface area (Å²) in [6.07, 6.45) is 4.79. The van der Waals surface area contributed by atoms with Crippen LogP contribution in [0.25, 0.3) is 0 Å². The minimum atomic E-state index is 0.0240. The van der Waals surface area contributed by atoms with E-state index < -0.39 is 0 Å². The van der Waals surface area contributed by atoms with E-state index in [9.17, 15) is 9.59 Å². The smallest absolute Gasteiger partial charge is 0.229 e. The summed E-state index contributed by atoms with van der Waals surface area (Å²) in [5, 5.41) is 0. The normalized spacial score (nSPS) is 19.0. The van der Waals surface area contributed by atoms with E-state index >= 15 is 0 Å². The molecule has 0 aromatic heterocycles. The largest absolute Gasteiger partial charge is 0.283 e. The van der Waals surface area contributed by atoms with Gasteiger partial charge in [0.15, 0.2) is 0 Å². The zero-order valence-corrected chi connectivity index (χ0v) is 8.21. The van der Waals surface area contributed by atoms with Crippen molar-refractivity contribution < 1.29 is 9.59 Å². The van der Waals surface area contributed by atoms with Crippen molar-refractivity contribution in [1.29, 1.82) is 0 Å². The Morgan fingerprint density at radius 3 is 2.15 bits per heavy atom. The third kappa shape index (κ3) is 2.83. The molecule has 0 aromatic carbocycles. The van der Waals surface area contributed by atoms with Gasteiger partial charge in [-0.1, -0.05) is 13.3 Å². The average Bonchev–Trinajstić information content (AvgIpc) is 2.26. The summed E-state index contributed by atoms with van der Waals surface area (Å²) >= 11 is 0. The summed E-state index contributed by atoms with van der Waals surface area (Å²) in [6, 6.07) is 0. The van der Waals surface area contributed by atoms with Crippen LogP contribution in [0, 0.1) is 0 Å². The summed E-state index contributed by atoms with van der Waals surface area (Å²) in [6.45, 7) is 2.68. The Labute approximate surface area is 79.1 Å². The SMILES string of the molecule is CCCCN1C(=O)CCCCC1=O. The molecule has 0 saturated carbocycles. The second-order valence-electron chi connectivity index (χ2n) is 3.50. The highest BCUT2D eigenvalue weighted by molar-refractivity contribution is 5.95. The molecule has 0 aromatic rings. The second kappa shape index (κ2) is 5.00. The third-order valence-corrected chi connectivity index (χ3v) is 2.37. The first kappa shape index (κ1) is 10.2. The maximum Gasteiger partial charge on any atom is 0.229 e. The maximum absolute atomic E-state index is 11.4. The summed E-state index contributed by atoms with van der Waals surface area (Å²) in [5.74, 6) is 0.0481. The highest BCUT2D eigenvalue weighted by Gasteiger charge is 2.22. The molecule has 1 rings (SSSR count).